The Morgan fingerprint density at radius 2 is 1.77 bits per heavy atom. The minimum Gasteiger partial charge on any atom is -0.290 e. The van der Waals surface area contributed by atoms with Gasteiger partial charge >= 0.3 is 0 Å². The summed E-state index contributed by atoms with van der Waals surface area (Å²) in [5.41, 5.74) is 0.804. The maximum atomic E-state index is 11.0. The molecule has 0 spiro atoms. The van der Waals surface area contributed by atoms with E-state index < -0.39 is 0 Å². The summed E-state index contributed by atoms with van der Waals surface area (Å²) in [4.78, 5) is 0. The summed E-state index contributed by atoms with van der Waals surface area (Å²) in [5, 5.41) is 13.0. The van der Waals surface area contributed by atoms with Crippen LogP contribution in [0.25, 0.3) is 10.8 Å². The average Bonchev–Trinajstić information content (AvgIpc) is 2.16. The Morgan fingerprint density at radius 1 is 1.00 bits per heavy atom. The molecular weight excluding hydrogens is 160 g/mol. The maximum Gasteiger partial charge on any atom is 0.179 e. The zero-order valence-corrected chi connectivity index (χ0v) is 6.95. The normalized spacial score (nSPS) is 9.77. The van der Waals surface area contributed by atoms with Gasteiger partial charge in [0.2, 0.25) is 0 Å². The third kappa shape index (κ3) is 1.34. The molecule has 2 aromatic carbocycles. The molecule has 2 aromatic rings. The first kappa shape index (κ1) is 7.70. The van der Waals surface area contributed by atoms with Crippen LogP contribution >= 0.6 is 0 Å². The summed E-state index contributed by atoms with van der Waals surface area (Å²) >= 11 is 0. The highest BCUT2D eigenvalue weighted by molar-refractivity contribution is 5.85. The number of hydrogen-bond acceptors (Lipinski definition) is 0. The first-order valence-electron chi connectivity index (χ1n) is 3.97. The fraction of sp³-hybridized carbons (Fsp3) is 0. The van der Waals surface area contributed by atoms with Gasteiger partial charge in [0, 0.05) is 5.56 Å². The average molecular weight is 167 g/mol. The van der Waals surface area contributed by atoms with E-state index in [1.54, 1.807) is 18.2 Å². The predicted octanol–water partition coefficient (Wildman–Crippen LogP) is 2.96. The first-order chi connectivity index (χ1) is 6.29. The van der Waals surface area contributed by atoms with Crippen LogP contribution in [0.4, 0.5) is 0 Å². The van der Waals surface area contributed by atoms with Crippen LogP contribution in [0.15, 0.2) is 36.4 Å². The molecule has 0 aliphatic carbocycles. The molecule has 0 aliphatic heterocycles. The molecule has 0 N–H and O–H groups in total. The standard InChI is InChI=1S/C12H7O/c1-2-9-3-4-10-5-6-12(13)8-11(10)7-9/h1,3-8H. The number of rotatable bonds is 0. The molecular formula is C12H7O. The van der Waals surface area contributed by atoms with E-state index in [1.807, 2.05) is 18.2 Å². The fourth-order valence-corrected chi connectivity index (χ4v) is 1.31. The number of hydrogen-bond donors (Lipinski definition) is 0. The molecule has 2 rings (SSSR count). The molecule has 0 aromatic heterocycles. The SMILES string of the molecule is C#Cc1ccc2ccc([O])cc2c1. The van der Waals surface area contributed by atoms with Crippen molar-refractivity contribution in [2.45, 2.75) is 0 Å². The van der Waals surface area contributed by atoms with E-state index in [9.17, 15) is 5.11 Å². The van der Waals surface area contributed by atoms with E-state index in [2.05, 4.69) is 5.92 Å². The molecule has 0 saturated heterocycles. The summed E-state index contributed by atoms with van der Waals surface area (Å²) in [6.07, 6.45) is 5.25. The summed E-state index contributed by atoms with van der Waals surface area (Å²) < 4.78 is 0. The second-order valence-electron chi connectivity index (χ2n) is 2.87. The van der Waals surface area contributed by atoms with Gasteiger partial charge in [-0.25, -0.2) is 0 Å². The maximum absolute atomic E-state index is 11.0. The van der Waals surface area contributed by atoms with Crippen molar-refractivity contribution in [2.24, 2.45) is 0 Å². The molecule has 61 valence electrons. The van der Waals surface area contributed by atoms with E-state index in [0.29, 0.717) is 0 Å². The molecule has 13 heavy (non-hydrogen) atoms. The van der Waals surface area contributed by atoms with Gasteiger partial charge in [0.15, 0.2) is 5.75 Å². The topological polar surface area (TPSA) is 19.9 Å². The smallest absolute Gasteiger partial charge is 0.179 e. The van der Waals surface area contributed by atoms with E-state index >= 15 is 0 Å². The quantitative estimate of drug-likeness (QED) is 0.537. The van der Waals surface area contributed by atoms with Crippen LogP contribution in [0, 0.1) is 12.3 Å². The van der Waals surface area contributed by atoms with Crippen molar-refractivity contribution in [3.63, 3.8) is 0 Å². The van der Waals surface area contributed by atoms with E-state index in [1.165, 1.54) is 0 Å². The van der Waals surface area contributed by atoms with E-state index in [-0.39, 0.29) is 5.75 Å². The molecule has 0 heterocycles. The lowest BCUT2D eigenvalue weighted by molar-refractivity contribution is 0.355. The Hall–Kier alpha value is -1.94. The van der Waals surface area contributed by atoms with Gasteiger partial charge in [0.1, 0.15) is 0 Å². The van der Waals surface area contributed by atoms with Crippen LogP contribution in [0.3, 0.4) is 0 Å². The molecule has 1 radical (unpaired) electrons. The van der Waals surface area contributed by atoms with Crippen LogP contribution in [0.5, 0.6) is 5.75 Å². The molecule has 1 nitrogen and oxygen atoms in total. The van der Waals surface area contributed by atoms with E-state index in [4.69, 9.17) is 6.42 Å². The molecule has 0 atom stereocenters. The third-order valence-corrected chi connectivity index (χ3v) is 1.98. The van der Waals surface area contributed by atoms with Crippen LogP contribution in [0.1, 0.15) is 5.56 Å². The summed E-state index contributed by atoms with van der Waals surface area (Å²) in [6.45, 7) is 0. The van der Waals surface area contributed by atoms with Crippen molar-refractivity contribution in [3.8, 4) is 18.1 Å². The van der Waals surface area contributed by atoms with Crippen LogP contribution < -0.4 is 0 Å². The van der Waals surface area contributed by atoms with Crippen LogP contribution in [-0.2, 0) is 5.11 Å². The van der Waals surface area contributed by atoms with Gasteiger partial charge in [-0.1, -0.05) is 18.1 Å². The number of terminal acetylenes is 1. The van der Waals surface area contributed by atoms with Crippen molar-refractivity contribution in [1.29, 1.82) is 0 Å². The van der Waals surface area contributed by atoms with Gasteiger partial charge in [-0.15, -0.1) is 6.42 Å². The Morgan fingerprint density at radius 3 is 2.54 bits per heavy atom. The molecule has 0 amide bonds. The lowest BCUT2D eigenvalue weighted by Crippen LogP contribution is -1.75. The van der Waals surface area contributed by atoms with Gasteiger partial charge in [-0.2, -0.15) is 0 Å². The Bertz CT molecular complexity index is 492. The molecule has 0 saturated carbocycles. The predicted molar refractivity (Wildman–Crippen MR) is 52.0 cm³/mol. The van der Waals surface area contributed by atoms with Crippen molar-refractivity contribution in [2.75, 3.05) is 0 Å². The highest BCUT2D eigenvalue weighted by atomic mass is 16.3. The molecule has 0 bridgehead atoms. The highest BCUT2D eigenvalue weighted by Crippen LogP contribution is 2.20. The lowest BCUT2D eigenvalue weighted by atomic mass is 10.1. The van der Waals surface area contributed by atoms with Crippen LogP contribution in [-0.4, -0.2) is 0 Å². The molecule has 0 unspecified atom stereocenters. The summed E-state index contributed by atoms with van der Waals surface area (Å²) in [6, 6.07) is 10.6. The number of fused-ring (bicyclic) bond motifs is 1. The Balaban J connectivity index is 2.77. The monoisotopic (exact) mass is 167 g/mol. The summed E-state index contributed by atoms with van der Waals surface area (Å²) in [5.74, 6) is 2.55. The first-order valence-corrected chi connectivity index (χ1v) is 3.97. The van der Waals surface area contributed by atoms with Gasteiger partial charge in [0.25, 0.3) is 0 Å². The van der Waals surface area contributed by atoms with Crippen LogP contribution in [0.2, 0.25) is 0 Å². The lowest BCUT2D eigenvalue weighted by Gasteiger charge is -1.97. The minimum absolute atomic E-state index is 0.0154. The minimum atomic E-state index is 0.0154. The fourth-order valence-electron chi connectivity index (χ4n) is 1.31. The second kappa shape index (κ2) is 2.84. The Labute approximate surface area is 76.6 Å². The highest BCUT2D eigenvalue weighted by Gasteiger charge is 1.96. The van der Waals surface area contributed by atoms with E-state index in [0.717, 1.165) is 16.3 Å². The van der Waals surface area contributed by atoms with Crippen molar-refractivity contribution in [1.82, 2.24) is 0 Å². The van der Waals surface area contributed by atoms with Gasteiger partial charge in [0.05, 0.1) is 0 Å². The Kier molecular flexibility index (Phi) is 1.68. The third-order valence-electron chi connectivity index (χ3n) is 1.98. The van der Waals surface area contributed by atoms with Gasteiger partial charge < -0.3 is 0 Å². The molecule has 0 fully saturated rings. The van der Waals surface area contributed by atoms with Crippen molar-refractivity contribution < 1.29 is 5.11 Å². The van der Waals surface area contributed by atoms with Crippen molar-refractivity contribution >= 4 is 10.8 Å². The largest absolute Gasteiger partial charge is 0.290 e. The van der Waals surface area contributed by atoms with Gasteiger partial charge in [-0.3, -0.25) is 5.11 Å². The zero-order valence-electron chi connectivity index (χ0n) is 6.95. The van der Waals surface area contributed by atoms with Gasteiger partial charge in [-0.05, 0) is 35.0 Å². The number of benzene rings is 2. The molecule has 1 heteroatoms. The second-order valence-corrected chi connectivity index (χ2v) is 2.87. The summed E-state index contributed by atoms with van der Waals surface area (Å²) in [7, 11) is 0. The zero-order chi connectivity index (χ0) is 9.26. The van der Waals surface area contributed by atoms with Crippen molar-refractivity contribution in [3.05, 3.63) is 42.0 Å². The molecule has 0 aliphatic rings.